The average Bonchev–Trinajstić information content (AvgIpc) is 3.00. The summed E-state index contributed by atoms with van der Waals surface area (Å²) in [5.41, 5.74) is 1.64. The molecule has 0 atom stereocenters. The zero-order chi connectivity index (χ0) is 14.7. The molecule has 0 spiro atoms. The van der Waals surface area contributed by atoms with Crippen molar-refractivity contribution in [1.82, 2.24) is 5.32 Å². The number of carbonyl (C=O) groups excluding carboxylic acids is 1. The van der Waals surface area contributed by atoms with Crippen molar-refractivity contribution in [1.29, 1.82) is 0 Å². The number of amides is 1. The van der Waals surface area contributed by atoms with Gasteiger partial charge in [-0.05, 0) is 42.2 Å². The molecule has 0 aliphatic carbocycles. The van der Waals surface area contributed by atoms with Crippen molar-refractivity contribution in [2.75, 3.05) is 13.0 Å². The van der Waals surface area contributed by atoms with E-state index >= 15 is 0 Å². The molecule has 0 saturated heterocycles. The second-order valence-corrected chi connectivity index (χ2v) is 5.48. The first-order chi connectivity index (χ1) is 10.3. The zero-order valence-electron chi connectivity index (χ0n) is 11.6. The first kappa shape index (κ1) is 13.8. The highest BCUT2D eigenvalue weighted by atomic mass is 32.2. The smallest absolute Gasteiger partial charge is 0.251 e. The van der Waals surface area contributed by atoms with Gasteiger partial charge in [0.15, 0.2) is 11.5 Å². The van der Waals surface area contributed by atoms with Crippen LogP contribution in [0.3, 0.4) is 0 Å². The van der Waals surface area contributed by atoms with Crippen LogP contribution in [0.1, 0.15) is 15.9 Å². The number of nitrogens with one attached hydrogen (secondary N) is 1. The van der Waals surface area contributed by atoms with Crippen LogP contribution in [0, 0.1) is 0 Å². The minimum absolute atomic E-state index is 0.123. The quantitative estimate of drug-likeness (QED) is 0.882. The predicted octanol–water partition coefficient (Wildman–Crippen LogP) is 3.07. The van der Waals surface area contributed by atoms with Crippen LogP contribution in [0.4, 0.5) is 0 Å². The highest BCUT2D eigenvalue weighted by molar-refractivity contribution is 7.98. The summed E-state index contributed by atoms with van der Waals surface area (Å²) in [5, 5.41) is 2.90. The van der Waals surface area contributed by atoms with Crippen molar-refractivity contribution in [3.8, 4) is 11.5 Å². The molecule has 0 radical (unpaired) electrons. The fraction of sp³-hybridized carbons (Fsp3) is 0.188. The molecule has 0 aromatic heterocycles. The monoisotopic (exact) mass is 301 g/mol. The van der Waals surface area contributed by atoms with Gasteiger partial charge in [0.2, 0.25) is 6.79 Å². The SMILES string of the molecule is CSc1ccc(CNC(=O)c2ccc3c(c2)OCO3)cc1. The molecule has 0 saturated carbocycles. The van der Waals surface area contributed by atoms with Gasteiger partial charge in [-0.15, -0.1) is 11.8 Å². The molecule has 1 amide bonds. The van der Waals surface area contributed by atoms with Crippen LogP contribution >= 0.6 is 11.8 Å². The van der Waals surface area contributed by atoms with Crippen molar-refractivity contribution in [2.24, 2.45) is 0 Å². The Morgan fingerprint density at radius 2 is 1.90 bits per heavy atom. The fourth-order valence-corrected chi connectivity index (χ4v) is 2.47. The summed E-state index contributed by atoms with van der Waals surface area (Å²) in [5.74, 6) is 1.17. The van der Waals surface area contributed by atoms with Crippen molar-refractivity contribution < 1.29 is 14.3 Å². The highest BCUT2D eigenvalue weighted by Crippen LogP contribution is 2.32. The first-order valence-electron chi connectivity index (χ1n) is 6.57. The van der Waals surface area contributed by atoms with E-state index in [4.69, 9.17) is 9.47 Å². The van der Waals surface area contributed by atoms with Gasteiger partial charge < -0.3 is 14.8 Å². The van der Waals surface area contributed by atoms with Crippen LogP contribution in [0.15, 0.2) is 47.4 Å². The maximum atomic E-state index is 12.1. The zero-order valence-corrected chi connectivity index (χ0v) is 12.4. The molecule has 1 N–H and O–H groups in total. The van der Waals surface area contributed by atoms with E-state index in [0.29, 0.717) is 23.6 Å². The largest absolute Gasteiger partial charge is 0.454 e. The van der Waals surface area contributed by atoms with E-state index in [9.17, 15) is 4.79 Å². The van der Waals surface area contributed by atoms with E-state index in [1.54, 1.807) is 30.0 Å². The number of rotatable bonds is 4. The third-order valence-corrected chi connectivity index (χ3v) is 3.99. The third-order valence-electron chi connectivity index (χ3n) is 3.25. The lowest BCUT2D eigenvalue weighted by atomic mass is 10.1. The number of hydrogen-bond acceptors (Lipinski definition) is 4. The van der Waals surface area contributed by atoms with Crippen LogP contribution in [-0.4, -0.2) is 19.0 Å². The maximum Gasteiger partial charge on any atom is 0.251 e. The Morgan fingerprint density at radius 3 is 2.67 bits per heavy atom. The molecule has 0 fully saturated rings. The van der Waals surface area contributed by atoms with Gasteiger partial charge in [-0.1, -0.05) is 12.1 Å². The molecule has 0 bridgehead atoms. The fourth-order valence-electron chi connectivity index (χ4n) is 2.07. The molecular formula is C16H15NO3S. The third kappa shape index (κ3) is 3.13. The number of hydrogen-bond donors (Lipinski definition) is 1. The number of carbonyl (C=O) groups is 1. The van der Waals surface area contributed by atoms with Crippen LogP contribution in [0.5, 0.6) is 11.5 Å². The summed E-state index contributed by atoms with van der Waals surface area (Å²) in [7, 11) is 0. The van der Waals surface area contributed by atoms with Crippen molar-refractivity contribution in [2.45, 2.75) is 11.4 Å². The summed E-state index contributed by atoms with van der Waals surface area (Å²) in [6.45, 7) is 0.712. The van der Waals surface area contributed by atoms with Gasteiger partial charge in [-0.25, -0.2) is 0 Å². The molecule has 4 nitrogen and oxygen atoms in total. The number of thioether (sulfide) groups is 1. The molecule has 5 heteroatoms. The second kappa shape index (κ2) is 6.10. The molecule has 3 rings (SSSR count). The van der Waals surface area contributed by atoms with E-state index < -0.39 is 0 Å². The van der Waals surface area contributed by atoms with Gasteiger partial charge in [0.05, 0.1) is 0 Å². The van der Waals surface area contributed by atoms with Gasteiger partial charge in [-0.2, -0.15) is 0 Å². The lowest BCUT2D eigenvalue weighted by Gasteiger charge is -2.07. The summed E-state index contributed by atoms with van der Waals surface area (Å²) in [6, 6.07) is 13.3. The molecule has 1 aliphatic heterocycles. The molecular weight excluding hydrogens is 286 g/mol. The van der Waals surface area contributed by atoms with E-state index in [-0.39, 0.29) is 12.7 Å². The molecule has 1 heterocycles. The maximum absolute atomic E-state index is 12.1. The van der Waals surface area contributed by atoms with Crippen molar-refractivity contribution in [3.63, 3.8) is 0 Å². The molecule has 21 heavy (non-hydrogen) atoms. The van der Waals surface area contributed by atoms with Gasteiger partial charge >= 0.3 is 0 Å². The standard InChI is InChI=1S/C16H15NO3S/c1-21-13-5-2-11(3-6-13)9-17-16(18)12-4-7-14-15(8-12)20-10-19-14/h2-8H,9-10H2,1H3,(H,17,18). The number of ether oxygens (including phenoxy) is 2. The van der Waals surface area contributed by atoms with Crippen molar-refractivity contribution in [3.05, 3.63) is 53.6 Å². The highest BCUT2D eigenvalue weighted by Gasteiger charge is 2.15. The van der Waals surface area contributed by atoms with Gasteiger partial charge in [0.1, 0.15) is 0 Å². The minimum atomic E-state index is -0.123. The Labute approximate surface area is 127 Å². The van der Waals surface area contributed by atoms with Crippen LogP contribution in [0.25, 0.3) is 0 Å². The summed E-state index contributed by atoms with van der Waals surface area (Å²) >= 11 is 1.70. The normalized spacial score (nSPS) is 12.2. The molecule has 2 aromatic carbocycles. The van der Waals surface area contributed by atoms with Gasteiger partial charge in [-0.3, -0.25) is 4.79 Å². The van der Waals surface area contributed by atoms with Crippen LogP contribution in [0.2, 0.25) is 0 Å². The Morgan fingerprint density at radius 1 is 1.14 bits per heavy atom. The second-order valence-electron chi connectivity index (χ2n) is 4.60. The van der Waals surface area contributed by atoms with Crippen LogP contribution in [-0.2, 0) is 6.54 Å². The van der Waals surface area contributed by atoms with E-state index in [0.717, 1.165) is 5.56 Å². The van der Waals surface area contributed by atoms with E-state index in [1.165, 1.54) is 4.90 Å². The Kier molecular flexibility index (Phi) is 4.01. The Bertz CT molecular complexity index is 655. The Hall–Kier alpha value is -2.14. The minimum Gasteiger partial charge on any atom is -0.454 e. The molecule has 1 aliphatic rings. The van der Waals surface area contributed by atoms with Gasteiger partial charge in [0, 0.05) is 17.0 Å². The lowest BCUT2D eigenvalue weighted by Crippen LogP contribution is -2.22. The van der Waals surface area contributed by atoms with E-state index in [2.05, 4.69) is 5.32 Å². The Balaban J connectivity index is 1.63. The summed E-state index contributed by atoms with van der Waals surface area (Å²) in [6.07, 6.45) is 2.04. The number of benzene rings is 2. The topological polar surface area (TPSA) is 47.6 Å². The molecule has 0 unspecified atom stereocenters. The van der Waals surface area contributed by atoms with Crippen LogP contribution < -0.4 is 14.8 Å². The summed E-state index contributed by atoms with van der Waals surface area (Å²) < 4.78 is 10.5. The summed E-state index contributed by atoms with van der Waals surface area (Å²) in [4.78, 5) is 13.3. The average molecular weight is 301 g/mol. The first-order valence-corrected chi connectivity index (χ1v) is 7.79. The van der Waals surface area contributed by atoms with Crippen molar-refractivity contribution >= 4 is 17.7 Å². The number of fused-ring (bicyclic) bond motifs is 1. The lowest BCUT2D eigenvalue weighted by molar-refractivity contribution is 0.0950. The molecule has 2 aromatic rings. The molecule has 108 valence electrons. The van der Waals surface area contributed by atoms with Gasteiger partial charge in [0.25, 0.3) is 5.91 Å². The predicted molar refractivity (Wildman–Crippen MR) is 82.0 cm³/mol. The van der Waals surface area contributed by atoms with E-state index in [1.807, 2.05) is 30.5 Å².